The van der Waals surface area contributed by atoms with Gasteiger partial charge in [-0.2, -0.15) is 0 Å². The lowest BCUT2D eigenvalue weighted by Gasteiger charge is -2.09. The molecule has 1 aromatic carbocycles. The maximum Gasteiger partial charge on any atom is 0.271 e. The Labute approximate surface area is 149 Å². The van der Waals surface area contributed by atoms with Gasteiger partial charge in [-0.15, -0.1) is 0 Å². The smallest absolute Gasteiger partial charge is 0.271 e. The summed E-state index contributed by atoms with van der Waals surface area (Å²) in [4.78, 5) is 29.9. The molecule has 4 rings (SSSR count). The summed E-state index contributed by atoms with van der Waals surface area (Å²) in [7, 11) is 0. The van der Waals surface area contributed by atoms with Gasteiger partial charge in [0.15, 0.2) is 4.96 Å². The molecule has 11 heteroatoms. The number of carbonyl (C=O) groups is 1. The number of nitrogens with one attached hydrogen (secondary N) is 2. The molecule has 3 aromatic heterocycles. The first-order valence-electron chi connectivity index (χ1n) is 7.69. The largest absolute Gasteiger partial charge is 0.491 e. The second-order valence-corrected chi connectivity index (χ2v) is 6.71. The highest BCUT2D eigenvalue weighted by Gasteiger charge is 2.18. The number of H-pyrrole nitrogens is 1. The zero-order valence-electron chi connectivity index (χ0n) is 13.8. The number of carbonyl (C=O) groups excluding carboxylic acids is 1. The third-order valence-corrected chi connectivity index (χ3v) is 4.53. The minimum atomic E-state index is -0.649. The van der Waals surface area contributed by atoms with Crippen molar-refractivity contribution in [1.82, 2.24) is 30.0 Å². The molecule has 0 bridgehead atoms. The molecular formula is C15H13N7O3S. The van der Waals surface area contributed by atoms with Crippen molar-refractivity contribution in [1.29, 1.82) is 0 Å². The highest BCUT2D eigenvalue weighted by molar-refractivity contribution is 7.23. The van der Waals surface area contributed by atoms with E-state index in [0.717, 1.165) is 4.70 Å². The fourth-order valence-corrected chi connectivity index (χ4v) is 3.43. The Kier molecular flexibility index (Phi) is 3.84. The number of hydrogen-bond donors (Lipinski definition) is 2. The van der Waals surface area contributed by atoms with Crippen LogP contribution in [0.15, 0.2) is 29.2 Å². The summed E-state index contributed by atoms with van der Waals surface area (Å²) < 4.78 is 7.96. The van der Waals surface area contributed by atoms with Crippen molar-refractivity contribution in [3.8, 4) is 5.75 Å². The number of aromatic amines is 1. The molecule has 26 heavy (non-hydrogen) atoms. The normalized spacial score (nSPS) is 11.3. The molecule has 0 atom stereocenters. The van der Waals surface area contributed by atoms with Gasteiger partial charge < -0.3 is 4.74 Å². The van der Waals surface area contributed by atoms with Gasteiger partial charge in [0, 0.05) is 12.3 Å². The third kappa shape index (κ3) is 2.77. The number of tetrazole rings is 1. The molecule has 3 heterocycles. The summed E-state index contributed by atoms with van der Waals surface area (Å²) in [5.41, 5.74) is 0.0401. The first-order valence-corrected chi connectivity index (χ1v) is 8.50. The summed E-state index contributed by atoms with van der Waals surface area (Å²) in [6.07, 6.45) is 1.25. The Balaban J connectivity index is 1.83. The van der Waals surface area contributed by atoms with Gasteiger partial charge in [0.1, 0.15) is 11.3 Å². The van der Waals surface area contributed by atoms with Crippen LogP contribution in [-0.4, -0.2) is 42.0 Å². The van der Waals surface area contributed by atoms with E-state index in [1.165, 1.54) is 21.9 Å². The Hall–Kier alpha value is -3.34. The van der Waals surface area contributed by atoms with Crippen molar-refractivity contribution in [2.24, 2.45) is 0 Å². The van der Waals surface area contributed by atoms with Crippen LogP contribution in [0.25, 0.3) is 15.2 Å². The van der Waals surface area contributed by atoms with E-state index < -0.39 is 11.5 Å². The topological polar surface area (TPSA) is 127 Å². The molecule has 0 saturated carbocycles. The number of benzene rings is 1. The number of anilines is 1. The minimum Gasteiger partial charge on any atom is -0.491 e. The van der Waals surface area contributed by atoms with Gasteiger partial charge in [0.25, 0.3) is 11.5 Å². The van der Waals surface area contributed by atoms with Gasteiger partial charge >= 0.3 is 0 Å². The Morgan fingerprint density at radius 3 is 2.96 bits per heavy atom. The predicted octanol–water partition coefficient (Wildman–Crippen LogP) is 1.46. The van der Waals surface area contributed by atoms with E-state index in [-0.39, 0.29) is 17.6 Å². The van der Waals surface area contributed by atoms with E-state index in [4.69, 9.17) is 4.74 Å². The lowest BCUT2D eigenvalue weighted by Crippen LogP contribution is -2.26. The molecule has 0 saturated heterocycles. The van der Waals surface area contributed by atoms with E-state index in [0.29, 0.717) is 16.2 Å². The van der Waals surface area contributed by atoms with E-state index in [1.54, 1.807) is 6.07 Å². The van der Waals surface area contributed by atoms with E-state index in [2.05, 4.69) is 30.9 Å². The molecular weight excluding hydrogens is 358 g/mol. The van der Waals surface area contributed by atoms with Gasteiger partial charge in [0.2, 0.25) is 5.95 Å². The lowest BCUT2D eigenvalue weighted by atomic mass is 10.3. The van der Waals surface area contributed by atoms with Crippen LogP contribution in [-0.2, 0) is 0 Å². The molecule has 0 aliphatic rings. The minimum absolute atomic E-state index is 0.00375. The summed E-state index contributed by atoms with van der Waals surface area (Å²) in [6.45, 7) is 3.84. The number of hydrogen-bond acceptors (Lipinski definition) is 8. The van der Waals surface area contributed by atoms with E-state index in [1.807, 2.05) is 26.0 Å². The number of rotatable bonds is 4. The van der Waals surface area contributed by atoms with Crippen molar-refractivity contribution in [3.05, 3.63) is 40.3 Å². The van der Waals surface area contributed by atoms with Crippen LogP contribution in [0.2, 0.25) is 0 Å². The number of nitrogens with zero attached hydrogens (tertiary/aromatic N) is 5. The number of fused-ring (bicyclic) bond motifs is 3. The Morgan fingerprint density at radius 1 is 1.38 bits per heavy atom. The summed E-state index contributed by atoms with van der Waals surface area (Å²) in [5.74, 6) is 0.0355. The molecule has 0 unspecified atom stereocenters. The van der Waals surface area contributed by atoms with Crippen LogP contribution in [0.1, 0.15) is 24.2 Å². The molecule has 4 aromatic rings. The van der Waals surface area contributed by atoms with Crippen molar-refractivity contribution >= 4 is 38.4 Å². The first-order chi connectivity index (χ1) is 12.5. The highest BCUT2D eigenvalue weighted by Crippen LogP contribution is 2.28. The average Bonchev–Trinajstić information content (AvgIpc) is 3.21. The van der Waals surface area contributed by atoms with Crippen LogP contribution in [0.4, 0.5) is 5.95 Å². The fraction of sp³-hybridized carbons (Fsp3) is 0.200. The lowest BCUT2D eigenvalue weighted by molar-refractivity contribution is 0.102. The number of ether oxygens (including phenoxy) is 1. The van der Waals surface area contributed by atoms with Crippen LogP contribution in [0.3, 0.4) is 0 Å². The van der Waals surface area contributed by atoms with Crippen LogP contribution < -0.4 is 15.6 Å². The van der Waals surface area contributed by atoms with Crippen molar-refractivity contribution in [3.63, 3.8) is 0 Å². The SMILES string of the molecule is CC(C)Oc1ccc2sc3ncc(C(=O)Nc4nnn[nH]4)c(=O)n3c2c1. The number of amides is 1. The average molecular weight is 371 g/mol. The van der Waals surface area contributed by atoms with Crippen LogP contribution >= 0.6 is 11.3 Å². The molecule has 0 aliphatic heterocycles. The van der Waals surface area contributed by atoms with Gasteiger partial charge in [-0.05, 0) is 36.4 Å². The predicted molar refractivity (Wildman–Crippen MR) is 94.7 cm³/mol. The molecule has 0 fully saturated rings. The molecule has 0 aliphatic carbocycles. The molecule has 0 radical (unpaired) electrons. The number of thiazole rings is 1. The Morgan fingerprint density at radius 2 is 2.23 bits per heavy atom. The second-order valence-electron chi connectivity index (χ2n) is 5.70. The van der Waals surface area contributed by atoms with Crippen LogP contribution in [0.5, 0.6) is 5.75 Å². The zero-order chi connectivity index (χ0) is 18.3. The van der Waals surface area contributed by atoms with Gasteiger partial charge in [-0.3, -0.25) is 19.3 Å². The van der Waals surface area contributed by atoms with E-state index >= 15 is 0 Å². The zero-order valence-corrected chi connectivity index (χ0v) is 14.6. The summed E-state index contributed by atoms with van der Waals surface area (Å²) >= 11 is 1.36. The standard InChI is InChI=1S/C15H13N7O3S/c1-7(2)25-8-3-4-11-10(5-8)22-13(24)9(6-16-15(22)26-11)12(23)17-14-18-20-21-19-14/h3-7H,1-2H3,(H2,17,18,19,20,21,23). The molecule has 1 amide bonds. The molecule has 0 spiro atoms. The number of aromatic nitrogens is 6. The third-order valence-electron chi connectivity index (χ3n) is 3.50. The fourth-order valence-electron chi connectivity index (χ4n) is 2.47. The maximum atomic E-state index is 12.9. The van der Waals surface area contributed by atoms with Crippen molar-refractivity contribution < 1.29 is 9.53 Å². The van der Waals surface area contributed by atoms with E-state index in [9.17, 15) is 9.59 Å². The summed E-state index contributed by atoms with van der Waals surface area (Å²) in [5, 5.41) is 15.1. The molecule has 132 valence electrons. The van der Waals surface area contributed by atoms with Crippen molar-refractivity contribution in [2.75, 3.05) is 5.32 Å². The van der Waals surface area contributed by atoms with Gasteiger partial charge in [-0.1, -0.05) is 16.4 Å². The first kappa shape index (κ1) is 16.1. The van der Waals surface area contributed by atoms with Crippen LogP contribution in [0, 0.1) is 0 Å². The monoisotopic (exact) mass is 371 g/mol. The quantitative estimate of drug-likeness (QED) is 0.556. The maximum absolute atomic E-state index is 12.9. The second kappa shape index (κ2) is 6.19. The summed E-state index contributed by atoms with van der Waals surface area (Å²) in [6, 6.07) is 5.48. The van der Waals surface area contributed by atoms with Crippen molar-refractivity contribution in [2.45, 2.75) is 20.0 Å². The molecule has 10 nitrogen and oxygen atoms in total. The molecule has 2 N–H and O–H groups in total. The Bertz CT molecular complexity index is 1160. The van der Waals surface area contributed by atoms with Gasteiger partial charge in [-0.25, -0.2) is 10.1 Å². The van der Waals surface area contributed by atoms with Gasteiger partial charge in [0.05, 0.1) is 16.3 Å². The highest BCUT2D eigenvalue weighted by atomic mass is 32.1.